The molecule has 2 aromatic carbocycles. The number of nitrogens with two attached hydrogens (primary N) is 1. The van der Waals surface area contributed by atoms with Gasteiger partial charge in [0.15, 0.2) is 5.96 Å². The highest BCUT2D eigenvalue weighted by Gasteiger charge is 2.47. The van der Waals surface area contributed by atoms with Gasteiger partial charge in [0.1, 0.15) is 5.54 Å². The summed E-state index contributed by atoms with van der Waals surface area (Å²) < 4.78 is 28.0. The highest BCUT2D eigenvalue weighted by atomic mass is 19.3. The van der Waals surface area contributed by atoms with Gasteiger partial charge in [-0.05, 0) is 30.2 Å². The van der Waals surface area contributed by atoms with Gasteiger partial charge in [-0.2, -0.15) is 5.26 Å². The van der Waals surface area contributed by atoms with E-state index in [1.54, 1.807) is 43.3 Å². The number of guanidine groups is 1. The second-order valence-electron chi connectivity index (χ2n) is 7.32. The van der Waals surface area contributed by atoms with Crippen LogP contribution in [0.15, 0.2) is 53.5 Å². The number of nitrogens with zero attached hydrogens (tertiary/aromatic N) is 3. The van der Waals surface area contributed by atoms with Gasteiger partial charge in [0.2, 0.25) is 5.91 Å². The minimum Gasteiger partial charge on any atom is -0.369 e. The van der Waals surface area contributed by atoms with E-state index < -0.39 is 17.4 Å². The number of rotatable bonds is 4. The van der Waals surface area contributed by atoms with Gasteiger partial charge in [-0.25, -0.2) is 13.8 Å². The molecule has 150 valence electrons. The molecule has 0 saturated heterocycles. The Kier molecular flexibility index (Phi) is 5.14. The number of carbonyl (C=O) groups is 1. The molecule has 1 heterocycles. The zero-order valence-corrected chi connectivity index (χ0v) is 16.5. The van der Waals surface area contributed by atoms with Crippen LogP contribution in [0.5, 0.6) is 0 Å². The Morgan fingerprint density at radius 1 is 1.28 bits per heavy atom. The average Bonchev–Trinajstić information content (AvgIpc) is 2.72. The summed E-state index contributed by atoms with van der Waals surface area (Å²) in [5.41, 5.74) is 6.43. The van der Waals surface area contributed by atoms with Crippen molar-refractivity contribution in [2.24, 2.45) is 10.7 Å². The van der Waals surface area contributed by atoms with Crippen molar-refractivity contribution in [2.45, 2.75) is 37.6 Å². The van der Waals surface area contributed by atoms with E-state index >= 15 is 0 Å². The Hall–Kier alpha value is -3.27. The van der Waals surface area contributed by atoms with E-state index in [4.69, 9.17) is 5.73 Å². The van der Waals surface area contributed by atoms with Gasteiger partial charge >= 0.3 is 0 Å². The normalized spacial score (nSPS) is 22.2. The maximum Gasteiger partial charge on any atom is 0.273 e. The molecule has 29 heavy (non-hydrogen) atoms. The van der Waals surface area contributed by atoms with Crippen molar-refractivity contribution in [3.05, 3.63) is 70.8 Å². The number of aliphatic imine (C=N–C) groups is 1. The van der Waals surface area contributed by atoms with Crippen LogP contribution in [0, 0.1) is 11.3 Å². The fourth-order valence-corrected chi connectivity index (χ4v) is 3.65. The van der Waals surface area contributed by atoms with Crippen LogP contribution >= 0.6 is 0 Å². The highest BCUT2D eigenvalue weighted by molar-refractivity contribution is 6.02. The molecule has 1 aliphatic rings. The fraction of sp³-hybridized carbons (Fsp3) is 0.318. The van der Waals surface area contributed by atoms with Crippen LogP contribution in [-0.4, -0.2) is 23.8 Å². The van der Waals surface area contributed by atoms with Gasteiger partial charge in [-0.3, -0.25) is 9.69 Å². The van der Waals surface area contributed by atoms with Crippen molar-refractivity contribution in [1.82, 2.24) is 4.90 Å². The third-order valence-corrected chi connectivity index (χ3v) is 5.52. The van der Waals surface area contributed by atoms with Gasteiger partial charge in [-0.15, -0.1) is 0 Å². The maximum atomic E-state index is 14.0. The number of carbonyl (C=O) groups excluding carboxylic acids is 1. The SMILES string of the molecule is CCC(F)(F)c1ccc([C@@H]2C(=O)N(C)C(N)=N[C@]2(C)c2cccc(C#N)c2)cc1. The molecule has 0 unspecified atom stereocenters. The van der Waals surface area contributed by atoms with E-state index in [2.05, 4.69) is 11.1 Å². The molecule has 0 bridgehead atoms. The van der Waals surface area contributed by atoms with E-state index in [0.717, 1.165) is 0 Å². The lowest BCUT2D eigenvalue weighted by Gasteiger charge is -2.41. The summed E-state index contributed by atoms with van der Waals surface area (Å²) in [6, 6.07) is 14.7. The molecule has 7 heteroatoms. The van der Waals surface area contributed by atoms with Crippen molar-refractivity contribution in [3.63, 3.8) is 0 Å². The van der Waals surface area contributed by atoms with Crippen LogP contribution in [0.4, 0.5) is 8.78 Å². The molecule has 0 aromatic heterocycles. The van der Waals surface area contributed by atoms with E-state index in [0.29, 0.717) is 16.7 Å². The zero-order chi connectivity index (χ0) is 21.4. The second kappa shape index (κ2) is 7.28. The number of halogens is 2. The number of amides is 1. The van der Waals surface area contributed by atoms with Crippen LogP contribution in [-0.2, 0) is 16.3 Å². The Balaban J connectivity index is 2.16. The van der Waals surface area contributed by atoms with Crippen LogP contribution in [0.3, 0.4) is 0 Å². The molecule has 0 fully saturated rings. The molecule has 5 nitrogen and oxygen atoms in total. The summed E-state index contributed by atoms with van der Waals surface area (Å²) in [5.74, 6) is -3.94. The largest absolute Gasteiger partial charge is 0.369 e. The molecular formula is C22H22F2N4O. The van der Waals surface area contributed by atoms with Crippen molar-refractivity contribution in [3.8, 4) is 6.07 Å². The first kappa shape index (κ1) is 20.5. The minimum absolute atomic E-state index is 0.0604. The standard InChI is InChI=1S/C22H22F2N4O/c1-4-22(23,24)16-10-8-15(9-11-16)18-19(29)28(3)20(26)27-21(18,2)17-7-5-6-14(12-17)13-25/h5-12,18H,4H2,1-3H3,(H2,26,27)/t18-,21-/m1/s1. The quantitative estimate of drug-likeness (QED) is 0.852. The molecule has 2 atom stereocenters. The summed E-state index contributed by atoms with van der Waals surface area (Å²) in [4.78, 5) is 19.0. The lowest BCUT2D eigenvalue weighted by atomic mass is 9.74. The lowest BCUT2D eigenvalue weighted by Crippen LogP contribution is -2.52. The number of likely N-dealkylation sites (N-methyl/N-ethyl adjacent to an activating group) is 1. The van der Waals surface area contributed by atoms with Crippen LogP contribution in [0.25, 0.3) is 0 Å². The smallest absolute Gasteiger partial charge is 0.273 e. The molecule has 0 aliphatic carbocycles. The van der Waals surface area contributed by atoms with Crippen molar-refractivity contribution >= 4 is 11.9 Å². The van der Waals surface area contributed by atoms with Crippen LogP contribution in [0.2, 0.25) is 0 Å². The Labute approximate surface area is 168 Å². The number of benzene rings is 2. The Morgan fingerprint density at radius 2 is 1.93 bits per heavy atom. The molecule has 1 aliphatic heterocycles. The number of hydrogen-bond donors (Lipinski definition) is 1. The number of hydrogen-bond acceptors (Lipinski definition) is 4. The van der Waals surface area contributed by atoms with Crippen molar-refractivity contribution < 1.29 is 13.6 Å². The predicted molar refractivity (Wildman–Crippen MR) is 106 cm³/mol. The summed E-state index contributed by atoms with van der Waals surface area (Å²) >= 11 is 0. The van der Waals surface area contributed by atoms with E-state index in [-0.39, 0.29) is 23.9 Å². The molecule has 0 spiro atoms. The summed E-state index contributed by atoms with van der Waals surface area (Å²) in [6.45, 7) is 3.19. The number of nitriles is 1. The fourth-order valence-electron chi connectivity index (χ4n) is 3.65. The van der Waals surface area contributed by atoms with Gasteiger partial charge in [0.05, 0.1) is 17.6 Å². The van der Waals surface area contributed by atoms with E-state index in [9.17, 15) is 18.8 Å². The van der Waals surface area contributed by atoms with Gasteiger partial charge in [0, 0.05) is 19.0 Å². The van der Waals surface area contributed by atoms with E-state index in [1.165, 1.54) is 31.0 Å². The summed E-state index contributed by atoms with van der Waals surface area (Å²) in [6.07, 6.45) is -0.309. The first-order valence-electron chi connectivity index (χ1n) is 9.26. The third kappa shape index (κ3) is 3.46. The molecule has 1 amide bonds. The molecule has 0 saturated carbocycles. The monoisotopic (exact) mass is 396 g/mol. The Morgan fingerprint density at radius 3 is 2.52 bits per heavy atom. The lowest BCUT2D eigenvalue weighted by molar-refractivity contribution is -0.130. The topological polar surface area (TPSA) is 82.5 Å². The summed E-state index contributed by atoms with van der Waals surface area (Å²) in [7, 11) is 1.53. The van der Waals surface area contributed by atoms with Gasteiger partial charge < -0.3 is 5.73 Å². The third-order valence-electron chi connectivity index (χ3n) is 5.52. The molecule has 3 rings (SSSR count). The van der Waals surface area contributed by atoms with Gasteiger partial charge in [0.25, 0.3) is 5.92 Å². The second-order valence-corrected chi connectivity index (χ2v) is 7.32. The Bertz CT molecular complexity index is 1010. The molecule has 2 aromatic rings. The first-order valence-corrected chi connectivity index (χ1v) is 9.26. The number of alkyl halides is 2. The highest BCUT2D eigenvalue weighted by Crippen LogP contribution is 2.44. The average molecular weight is 396 g/mol. The summed E-state index contributed by atoms with van der Waals surface area (Å²) in [5, 5.41) is 9.25. The molecular weight excluding hydrogens is 374 g/mol. The maximum absolute atomic E-state index is 14.0. The van der Waals surface area contributed by atoms with Crippen molar-refractivity contribution in [1.29, 1.82) is 5.26 Å². The van der Waals surface area contributed by atoms with Crippen LogP contribution in [0.1, 0.15) is 48.4 Å². The van der Waals surface area contributed by atoms with Crippen LogP contribution < -0.4 is 5.73 Å². The van der Waals surface area contributed by atoms with E-state index in [1.807, 2.05) is 0 Å². The zero-order valence-electron chi connectivity index (χ0n) is 16.5. The minimum atomic E-state index is -2.93. The molecule has 0 radical (unpaired) electrons. The molecule has 2 N–H and O–H groups in total. The van der Waals surface area contributed by atoms with Gasteiger partial charge in [-0.1, -0.05) is 43.3 Å². The van der Waals surface area contributed by atoms with Crippen molar-refractivity contribution in [2.75, 3.05) is 7.05 Å². The predicted octanol–water partition coefficient (Wildman–Crippen LogP) is 3.85. The first-order chi connectivity index (χ1) is 13.6.